The van der Waals surface area contributed by atoms with Crippen LogP contribution in [0.2, 0.25) is 0 Å². The minimum Gasteiger partial charge on any atom is -0.384 e. The number of anilines is 1. The topological polar surface area (TPSA) is 24.1 Å². The van der Waals surface area contributed by atoms with E-state index in [2.05, 4.69) is 65.7 Å². The highest BCUT2D eigenvalue weighted by atomic mass is 14.9. The first-order valence-electron chi connectivity index (χ1n) is 6.61. The van der Waals surface area contributed by atoms with Crippen LogP contribution in [0.15, 0.2) is 67.3 Å². The van der Waals surface area contributed by atoms with Gasteiger partial charge >= 0.3 is 0 Å². The summed E-state index contributed by atoms with van der Waals surface area (Å²) in [7, 11) is 0. The Kier molecular flexibility index (Phi) is 5.20. The Hall–Kier alpha value is -2.06. The zero-order valence-electron chi connectivity index (χ0n) is 11.1. The molecule has 0 fully saturated rings. The molecule has 0 aliphatic rings. The monoisotopic (exact) mass is 252 g/mol. The van der Waals surface area contributed by atoms with Gasteiger partial charge in [0.15, 0.2) is 0 Å². The summed E-state index contributed by atoms with van der Waals surface area (Å²) in [4.78, 5) is 0. The van der Waals surface area contributed by atoms with Gasteiger partial charge in [0, 0.05) is 25.3 Å². The van der Waals surface area contributed by atoms with Crippen LogP contribution in [-0.2, 0) is 0 Å². The van der Waals surface area contributed by atoms with Crippen molar-refractivity contribution in [2.75, 3.05) is 25.0 Å². The third-order valence-electron chi connectivity index (χ3n) is 2.91. The highest BCUT2D eigenvalue weighted by molar-refractivity contribution is 5.65. The quantitative estimate of drug-likeness (QED) is 0.582. The Bertz CT molecular complexity index is 488. The smallest absolute Gasteiger partial charge is 0.0341 e. The SMILES string of the molecule is C=CCNCCNc1ccc(-c2ccccc2)cc1. The maximum absolute atomic E-state index is 3.67. The zero-order chi connectivity index (χ0) is 13.3. The van der Waals surface area contributed by atoms with E-state index < -0.39 is 0 Å². The third-order valence-corrected chi connectivity index (χ3v) is 2.91. The maximum Gasteiger partial charge on any atom is 0.0341 e. The van der Waals surface area contributed by atoms with Crippen molar-refractivity contribution in [2.45, 2.75) is 0 Å². The predicted molar refractivity (Wildman–Crippen MR) is 83.4 cm³/mol. The molecule has 98 valence electrons. The summed E-state index contributed by atoms with van der Waals surface area (Å²) in [6, 6.07) is 19.0. The molecule has 0 saturated heterocycles. The summed E-state index contributed by atoms with van der Waals surface area (Å²) in [5.74, 6) is 0. The van der Waals surface area contributed by atoms with E-state index in [0.717, 1.165) is 25.3 Å². The van der Waals surface area contributed by atoms with Crippen LogP contribution < -0.4 is 10.6 Å². The van der Waals surface area contributed by atoms with E-state index in [1.54, 1.807) is 0 Å². The second kappa shape index (κ2) is 7.39. The van der Waals surface area contributed by atoms with Crippen LogP contribution in [0.1, 0.15) is 0 Å². The van der Waals surface area contributed by atoms with Gasteiger partial charge in [0.05, 0.1) is 0 Å². The Balaban J connectivity index is 1.87. The van der Waals surface area contributed by atoms with Crippen molar-refractivity contribution in [1.29, 1.82) is 0 Å². The lowest BCUT2D eigenvalue weighted by Gasteiger charge is -2.08. The predicted octanol–water partition coefficient (Wildman–Crippen LogP) is 3.54. The molecule has 0 atom stereocenters. The van der Waals surface area contributed by atoms with Crippen LogP contribution in [0, 0.1) is 0 Å². The van der Waals surface area contributed by atoms with Crippen molar-refractivity contribution in [3.05, 3.63) is 67.3 Å². The summed E-state index contributed by atoms with van der Waals surface area (Å²) in [6.07, 6.45) is 1.87. The molecule has 2 nitrogen and oxygen atoms in total. The highest BCUT2D eigenvalue weighted by Crippen LogP contribution is 2.20. The first kappa shape index (κ1) is 13.4. The molecule has 2 heteroatoms. The van der Waals surface area contributed by atoms with E-state index in [-0.39, 0.29) is 0 Å². The number of hydrogen-bond donors (Lipinski definition) is 2. The lowest BCUT2D eigenvalue weighted by molar-refractivity contribution is 0.771. The molecule has 0 aliphatic heterocycles. The van der Waals surface area contributed by atoms with Gasteiger partial charge in [0.2, 0.25) is 0 Å². The zero-order valence-corrected chi connectivity index (χ0v) is 11.1. The molecule has 0 heterocycles. The Morgan fingerprint density at radius 2 is 1.53 bits per heavy atom. The molecule has 0 amide bonds. The van der Waals surface area contributed by atoms with Gasteiger partial charge in [-0.1, -0.05) is 48.5 Å². The minimum absolute atomic E-state index is 0.856. The summed E-state index contributed by atoms with van der Waals surface area (Å²) >= 11 is 0. The molecule has 0 unspecified atom stereocenters. The van der Waals surface area contributed by atoms with E-state index in [1.165, 1.54) is 11.1 Å². The van der Waals surface area contributed by atoms with Crippen LogP contribution in [-0.4, -0.2) is 19.6 Å². The first-order chi connectivity index (χ1) is 9.40. The molecular formula is C17H20N2. The molecule has 2 rings (SSSR count). The number of nitrogens with one attached hydrogen (secondary N) is 2. The lowest BCUT2D eigenvalue weighted by atomic mass is 10.1. The van der Waals surface area contributed by atoms with E-state index in [0.29, 0.717) is 0 Å². The third kappa shape index (κ3) is 4.27. The first-order valence-corrected chi connectivity index (χ1v) is 6.61. The van der Waals surface area contributed by atoms with Crippen molar-refractivity contribution in [3.8, 4) is 11.1 Å². The normalized spacial score (nSPS) is 10.1. The molecule has 0 aromatic heterocycles. The molecule has 0 aliphatic carbocycles. The summed E-state index contributed by atoms with van der Waals surface area (Å²) < 4.78 is 0. The fourth-order valence-corrected chi connectivity index (χ4v) is 1.91. The molecule has 19 heavy (non-hydrogen) atoms. The lowest BCUT2D eigenvalue weighted by Crippen LogP contribution is -2.21. The van der Waals surface area contributed by atoms with Gasteiger partial charge < -0.3 is 10.6 Å². The Labute approximate surface area is 115 Å². The maximum atomic E-state index is 3.67. The van der Waals surface area contributed by atoms with Crippen molar-refractivity contribution in [1.82, 2.24) is 5.32 Å². The van der Waals surface area contributed by atoms with Gasteiger partial charge in [-0.3, -0.25) is 0 Å². The van der Waals surface area contributed by atoms with Crippen LogP contribution in [0.3, 0.4) is 0 Å². The van der Waals surface area contributed by atoms with Gasteiger partial charge in [0.1, 0.15) is 0 Å². The fraction of sp³-hybridized carbons (Fsp3) is 0.176. The largest absolute Gasteiger partial charge is 0.384 e. The fourth-order valence-electron chi connectivity index (χ4n) is 1.91. The average Bonchev–Trinajstić information content (AvgIpc) is 2.49. The number of benzene rings is 2. The van der Waals surface area contributed by atoms with E-state index in [4.69, 9.17) is 0 Å². The molecule has 2 N–H and O–H groups in total. The number of rotatable bonds is 7. The second-order valence-corrected chi connectivity index (χ2v) is 4.36. The highest BCUT2D eigenvalue weighted by Gasteiger charge is 1.96. The Morgan fingerprint density at radius 1 is 0.842 bits per heavy atom. The van der Waals surface area contributed by atoms with Crippen LogP contribution in [0.4, 0.5) is 5.69 Å². The second-order valence-electron chi connectivity index (χ2n) is 4.36. The van der Waals surface area contributed by atoms with Gasteiger partial charge in [-0.2, -0.15) is 0 Å². The molecule has 0 spiro atoms. The standard InChI is InChI=1S/C17H20N2/c1-2-12-18-13-14-19-17-10-8-16(9-11-17)15-6-4-3-5-7-15/h2-11,18-19H,1,12-14H2. The molecular weight excluding hydrogens is 232 g/mol. The Morgan fingerprint density at radius 3 is 2.21 bits per heavy atom. The van der Waals surface area contributed by atoms with Crippen molar-refractivity contribution >= 4 is 5.69 Å². The molecule has 0 radical (unpaired) electrons. The van der Waals surface area contributed by atoms with Gasteiger partial charge in [-0.15, -0.1) is 6.58 Å². The van der Waals surface area contributed by atoms with Gasteiger partial charge in [-0.25, -0.2) is 0 Å². The van der Waals surface area contributed by atoms with Crippen molar-refractivity contribution < 1.29 is 0 Å². The van der Waals surface area contributed by atoms with E-state index in [9.17, 15) is 0 Å². The summed E-state index contributed by atoms with van der Waals surface area (Å²) in [5, 5.41) is 6.65. The minimum atomic E-state index is 0.856. The molecule has 0 bridgehead atoms. The molecule has 2 aromatic carbocycles. The van der Waals surface area contributed by atoms with Crippen LogP contribution in [0.5, 0.6) is 0 Å². The van der Waals surface area contributed by atoms with Crippen molar-refractivity contribution in [2.24, 2.45) is 0 Å². The summed E-state index contributed by atoms with van der Waals surface area (Å²) in [5.41, 5.74) is 3.65. The van der Waals surface area contributed by atoms with Crippen LogP contribution in [0.25, 0.3) is 11.1 Å². The van der Waals surface area contributed by atoms with E-state index >= 15 is 0 Å². The molecule has 2 aromatic rings. The number of hydrogen-bond acceptors (Lipinski definition) is 2. The molecule has 0 saturated carbocycles. The van der Waals surface area contributed by atoms with Crippen LogP contribution >= 0.6 is 0 Å². The van der Waals surface area contributed by atoms with Gasteiger partial charge in [0.25, 0.3) is 0 Å². The summed E-state index contributed by atoms with van der Waals surface area (Å²) in [6.45, 7) is 6.38. The van der Waals surface area contributed by atoms with Gasteiger partial charge in [-0.05, 0) is 23.3 Å². The van der Waals surface area contributed by atoms with E-state index in [1.807, 2.05) is 12.1 Å². The van der Waals surface area contributed by atoms with Crippen molar-refractivity contribution in [3.63, 3.8) is 0 Å². The average molecular weight is 252 g/mol.